The third-order valence-corrected chi connectivity index (χ3v) is 5.74. The molecule has 0 bridgehead atoms. The highest BCUT2D eigenvalue weighted by Gasteiger charge is 2.19. The molecule has 0 nitrogen and oxygen atoms in total. The van der Waals surface area contributed by atoms with Gasteiger partial charge in [0.15, 0.2) is 0 Å². The maximum Gasteiger partial charge on any atom is 0.0181 e. The molecular weight excluding hydrogens is 380 g/mol. The van der Waals surface area contributed by atoms with Crippen molar-refractivity contribution in [1.29, 1.82) is 0 Å². The molecule has 0 saturated carbocycles. The maximum atomic E-state index is 3.66. The predicted octanol–water partition coefficient (Wildman–Crippen LogP) is 8.64. The van der Waals surface area contributed by atoms with E-state index >= 15 is 0 Å². The van der Waals surface area contributed by atoms with Gasteiger partial charge in [-0.05, 0) is 68.5 Å². The van der Waals surface area contributed by atoms with Crippen LogP contribution >= 0.6 is 15.9 Å². The Morgan fingerprint density at radius 2 is 1.31 bits per heavy atom. The summed E-state index contributed by atoms with van der Waals surface area (Å²) in [6, 6.07) is 18.1. The zero-order chi connectivity index (χ0) is 19.0. The Balaban J connectivity index is 2.43. The smallest absolute Gasteiger partial charge is 0.0181 e. The second kappa shape index (κ2) is 7.56. The Morgan fingerprint density at radius 3 is 1.85 bits per heavy atom. The minimum Gasteiger partial charge on any atom is -0.0610 e. The van der Waals surface area contributed by atoms with E-state index in [0.29, 0.717) is 17.8 Å². The fourth-order valence-corrected chi connectivity index (χ4v) is 4.09. The molecule has 3 rings (SSSR count). The molecule has 0 saturated heterocycles. The highest BCUT2D eigenvalue weighted by molar-refractivity contribution is 9.10. The lowest BCUT2D eigenvalue weighted by Gasteiger charge is -2.24. The number of benzene rings is 3. The van der Waals surface area contributed by atoms with Gasteiger partial charge in [-0.15, -0.1) is 0 Å². The molecule has 0 aliphatic heterocycles. The number of halogens is 1. The summed E-state index contributed by atoms with van der Waals surface area (Å²) in [6.45, 7) is 13.8. The van der Waals surface area contributed by atoms with Crippen molar-refractivity contribution in [3.05, 3.63) is 69.7 Å². The lowest BCUT2D eigenvalue weighted by Crippen LogP contribution is -2.04. The molecule has 26 heavy (non-hydrogen) atoms. The Kier molecular flexibility index (Phi) is 5.58. The fraction of sp³-hybridized carbons (Fsp3) is 0.360. The number of hydrogen-bond acceptors (Lipinski definition) is 0. The zero-order valence-corrected chi connectivity index (χ0v) is 18.3. The molecule has 0 amide bonds. The van der Waals surface area contributed by atoms with Gasteiger partial charge in [-0.2, -0.15) is 0 Å². The van der Waals surface area contributed by atoms with Gasteiger partial charge in [-0.1, -0.05) is 93.9 Å². The monoisotopic (exact) mass is 408 g/mol. The molecule has 0 atom stereocenters. The van der Waals surface area contributed by atoms with E-state index in [4.69, 9.17) is 0 Å². The van der Waals surface area contributed by atoms with Crippen LogP contribution in [0, 0.1) is 0 Å². The van der Waals surface area contributed by atoms with Crippen LogP contribution in [0.5, 0.6) is 0 Å². The largest absolute Gasteiger partial charge is 0.0610 e. The first kappa shape index (κ1) is 19.2. The van der Waals surface area contributed by atoms with E-state index in [1.807, 2.05) is 0 Å². The molecule has 1 heteroatoms. The normalized spacial score (nSPS) is 11.9. The summed E-state index contributed by atoms with van der Waals surface area (Å²) in [5.74, 6) is 1.52. The molecule has 0 heterocycles. The van der Waals surface area contributed by atoms with Crippen LogP contribution < -0.4 is 0 Å². The Bertz CT molecular complexity index is 903. The molecule has 0 fully saturated rings. The molecule has 0 unspecified atom stereocenters. The van der Waals surface area contributed by atoms with Gasteiger partial charge in [-0.25, -0.2) is 0 Å². The summed E-state index contributed by atoms with van der Waals surface area (Å²) in [4.78, 5) is 0. The molecular formula is C25H29Br. The van der Waals surface area contributed by atoms with Gasteiger partial charge >= 0.3 is 0 Å². The van der Waals surface area contributed by atoms with Crippen molar-refractivity contribution in [2.75, 3.05) is 0 Å². The van der Waals surface area contributed by atoms with Crippen molar-refractivity contribution in [1.82, 2.24) is 0 Å². The standard InChI is InChI=1S/C25H29Br/c1-15(2)19-12-22(16(3)4)25(23(13-19)17(5)6)21-9-7-8-18-10-11-20(26)14-24(18)21/h7-17H,1-6H3. The van der Waals surface area contributed by atoms with Crippen LogP contribution in [-0.2, 0) is 0 Å². The van der Waals surface area contributed by atoms with E-state index in [2.05, 4.69) is 106 Å². The quantitative estimate of drug-likeness (QED) is 0.404. The fourth-order valence-electron chi connectivity index (χ4n) is 3.73. The van der Waals surface area contributed by atoms with E-state index in [1.165, 1.54) is 38.6 Å². The maximum absolute atomic E-state index is 3.66. The van der Waals surface area contributed by atoms with Crippen molar-refractivity contribution < 1.29 is 0 Å². The molecule has 136 valence electrons. The third kappa shape index (κ3) is 3.60. The van der Waals surface area contributed by atoms with Gasteiger partial charge in [0, 0.05) is 4.47 Å². The van der Waals surface area contributed by atoms with Crippen LogP contribution in [0.4, 0.5) is 0 Å². The second-order valence-electron chi connectivity index (χ2n) is 8.21. The Hall–Kier alpha value is -1.60. The van der Waals surface area contributed by atoms with Gasteiger partial charge in [0.2, 0.25) is 0 Å². The van der Waals surface area contributed by atoms with E-state index in [-0.39, 0.29) is 0 Å². The summed E-state index contributed by atoms with van der Waals surface area (Å²) in [5, 5.41) is 2.62. The first-order chi connectivity index (χ1) is 12.3. The first-order valence-electron chi connectivity index (χ1n) is 9.66. The van der Waals surface area contributed by atoms with Crippen molar-refractivity contribution in [3.63, 3.8) is 0 Å². The van der Waals surface area contributed by atoms with Crippen molar-refractivity contribution in [2.45, 2.75) is 59.3 Å². The van der Waals surface area contributed by atoms with E-state index < -0.39 is 0 Å². The van der Waals surface area contributed by atoms with Crippen LogP contribution in [0.3, 0.4) is 0 Å². The third-order valence-electron chi connectivity index (χ3n) is 5.25. The van der Waals surface area contributed by atoms with E-state index in [1.54, 1.807) is 0 Å². The van der Waals surface area contributed by atoms with E-state index in [0.717, 1.165) is 4.47 Å². The van der Waals surface area contributed by atoms with Crippen LogP contribution in [-0.4, -0.2) is 0 Å². The average molecular weight is 409 g/mol. The summed E-state index contributed by atoms with van der Waals surface area (Å²) in [6.07, 6.45) is 0. The molecule has 0 aliphatic carbocycles. The van der Waals surface area contributed by atoms with Gasteiger partial charge < -0.3 is 0 Å². The number of rotatable bonds is 4. The molecule has 0 aromatic heterocycles. The highest BCUT2D eigenvalue weighted by atomic mass is 79.9. The molecule has 3 aromatic rings. The van der Waals surface area contributed by atoms with Crippen LogP contribution in [0.2, 0.25) is 0 Å². The lowest BCUT2D eigenvalue weighted by atomic mass is 9.80. The Labute approximate surface area is 166 Å². The first-order valence-corrected chi connectivity index (χ1v) is 10.4. The van der Waals surface area contributed by atoms with Crippen LogP contribution in [0.1, 0.15) is 76.0 Å². The summed E-state index contributed by atoms with van der Waals surface area (Å²) >= 11 is 3.66. The molecule has 0 spiro atoms. The second-order valence-corrected chi connectivity index (χ2v) is 9.13. The van der Waals surface area contributed by atoms with Crippen molar-refractivity contribution >= 4 is 26.7 Å². The highest BCUT2D eigenvalue weighted by Crippen LogP contribution is 2.41. The van der Waals surface area contributed by atoms with E-state index in [9.17, 15) is 0 Å². The number of fused-ring (bicyclic) bond motifs is 1. The SMILES string of the molecule is CC(C)c1cc(C(C)C)c(-c2cccc3ccc(Br)cc23)c(C(C)C)c1. The number of hydrogen-bond donors (Lipinski definition) is 0. The topological polar surface area (TPSA) is 0 Å². The van der Waals surface area contributed by atoms with Crippen molar-refractivity contribution in [2.24, 2.45) is 0 Å². The van der Waals surface area contributed by atoms with Gasteiger partial charge in [0.1, 0.15) is 0 Å². The zero-order valence-electron chi connectivity index (χ0n) is 16.7. The predicted molar refractivity (Wildman–Crippen MR) is 119 cm³/mol. The van der Waals surface area contributed by atoms with Gasteiger partial charge in [0.25, 0.3) is 0 Å². The summed E-state index contributed by atoms with van der Waals surface area (Å²) in [7, 11) is 0. The van der Waals surface area contributed by atoms with Gasteiger partial charge in [0.05, 0.1) is 0 Å². The lowest BCUT2D eigenvalue weighted by molar-refractivity contribution is 0.808. The minimum atomic E-state index is 0.489. The van der Waals surface area contributed by atoms with Gasteiger partial charge in [-0.3, -0.25) is 0 Å². The average Bonchev–Trinajstić information content (AvgIpc) is 2.59. The minimum absolute atomic E-state index is 0.489. The van der Waals surface area contributed by atoms with Crippen LogP contribution in [0.25, 0.3) is 21.9 Å². The Morgan fingerprint density at radius 1 is 0.692 bits per heavy atom. The molecule has 0 radical (unpaired) electrons. The van der Waals surface area contributed by atoms with Crippen molar-refractivity contribution in [3.8, 4) is 11.1 Å². The molecule has 3 aromatic carbocycles. The summed E-state index contributed by atoms with van der Waals surface area (Å²) < 4.78 is 1.13. The van der Waals surface area contributed by atoms with Crippen LogP contribution in [0.15, 0.2) is 53.0 Å². The summed E-state index contributed by atoms with van der Waals surface area (Å²) in [5.41, 5.74) is 7.16. The molecule has 0 aliphatic rings. The molecule has 0 N–H and O–H groups in total.